The summed E-state index contributed by atoms with van der Waals surface area (Å²) in [6.45, 7) is 0.447. The van der Waals surface area contributed by atoms with E-state index in [1.54, 1.807) is 6.07 Å². The zero-order chi connectivity index (χ0) is 13.7. The van der Waals surface area contributed by atoms with Crippen molar-refractivity contribution in [3.8, 4) is 0 Å². The third kappa shape index (κ3) is 4.21. The Morgan fingerprint density at radius 2 is 2.16 bits per heavy atom. The Balaban J connectivity index is 1.78. The molecule has 1 aromatic carbocycles. The lowest BCUT2D eigenvalue weighted by Crippen LogP contribution is -2.38. The number of hydrogen-bond acceptors (Lipinski definition) is 2. The molecule has 5 heteroatoms. The third-order valence-corrected chi connectivity index (χ3v) is 3.48. The number of carbonyl (C=O) groups is 1. The summed E-state index contributed by atoms with van der Waals surface area (Å²) in [7, 11) is 0. The summed E-state index contributed by atoms with van der Waals surface area (Å²) in [5, 5.41) is 15.1. The van der Waals surface area contributed by atoms with Gasteiger partial charge >= 0.3 is 6.03 Å². The Labute approximate surface area is 112 Å². The van der Waals surface area contributed by atoms with Gasteiger partial charge in [0.1, 0.15) is 5.82 Å². The molecular weight excluding hydrogens is 247 g/mol. The van der Waals surface area contributed by atoms with Gasteiger partial charge in [-0.2, -0.15) is 0 Å². The topological polar surface area (TPSA) is 61.4 Å². The van der Waals surface area contributed by atoms with Crippen LogP contribution in [-0.2, 0) is 0 Å². The minimum Gasteiger partial charge on any atom is -0.393 e. The molecule has 2 amide bonds. The highest BCUT2D eigenvalue weighted by Crippen LogP contribution is 2.23. The van der Waals surface area contributed by atoms with E-state index in [0.29, 0.717) is 12.2 Å². The Kier molecular flexibility index (Phi) is 4.74. The molecule has 1 aliphatic rings. The number of aliphatic hydroxyl groups is 1. The van der Waals surface area contributed by atoms with Gasteiger partial charge in [0.2, 0.25) is 0 Å². The summed E-state index contributed by atoms with van der Waals surface area (Å²) in [5.74, 6) is -0.271. The molecule has 1 fully saturated rings. The first-order valence-corrected chi connectivity index (χ1v) is 6.63. The van der Waals surface area contributed by atoms with Crippen molar-refractivity contribution < 1.29 is 14.3 Å². The number of nitrogens with one attached hydrogen (secondary N) is 2. The van der Waals surface area contributed by atoms with Gasteiger partial charge in [-0.3, -0.25) is 0 Å². The highest BCUT2D eigenvalue weighted by atomic mass is 19.1. The zero-order valence-corrected chi connectivity index (χ0v) is 10.7. The molecule has 4 nitrogen and oxygen atoms in total. The van der Waals surface area contributed by atoms with E-state index in [1.165, 1.54) is 18.2 Å². The van der Waals surface area contributed by atoms with Crippen LogP contribution in [0.4, 0.5) is 14.9 Å². The van der Waals surface area contributed by atoms with Crippen molar-refractivity contribution in [3.63, 3.8) is 0 Å². The number of benzene rings is 1. The summed E-state index contributed by atoms with van der Waals surface area (Å²) >= 11 is 0. The molecule has 0 radical (unpaired) electrons. The molecule has 1 aliphatic carbocycles. The van der Waals surface area contributed by atoms with Gasteiger partial charge in [0.25, 0.3) is 0 Å². The van der Waals surface area contributed by atoms with Crippen LogP contribution in [-0.4, -0.2) is 23.8 Å². The number of urea groups is 1. The zero-order valence-electron chi connectivity index (χ0n) is 10.7. The van der Waals surface area contributed by atoms with Crippen LogP contribution in [0, 0.1) is 11.7 Å². The molecule has 0 heterocycles. The van der Waals surface area contributed by atoms with Crippen LogP contribution in [0.25, 0.3) is 0 Å². The smallest absolute Gasteiger partial charge is 0.319 e. The Bertz CT molecular complexity index is 439. The van der Waals surface area contributed by atoms with Gasteiger partial charge in [-0.05, 0) is 31.0 Å². The number of amides is 2. The standard InChI is InChI=1S/C14H19FN2O2/c15-11-5-3-6-12(8-11)17-14(19)16-9-10-4-1-2-7-13(10)18/h3,5-6,8,10,13,18H,1-2,4,7,9H2,(H2,16,17,19). The summed E-state index contributed by atoms with van der Waals surface area (Å²) in [5.41, 5.74) is 0.418. The summed E-state index contributed by atoms with van der Waals surface area (Å²) in [6.07, 6.45) is 3.55. The lowest BCUT2D eigenvalue weighted by molar-refractivity contribution is 0.0712. The lowest BCUT2D eigenvalue weighted by atomic mass is 9.86. The molecule has 3 N–H and O–H groups in total. The number of anilines is 1. The van der Waals surface area contributed by atoms with E-state index < -0.39 is 0 Å². The van der Waals surface area contributed by atoms with Gasteiger partial charge in [0.05, 0.1) is 6.10 Å². The molecule has 19 heavy (non-hydrogen) atoms. The second kappa shape index (κ2) is 6.52. The first kappa shape index (κ1) is 13.8. The summed E-state index contributed by atoms with van der Waals surface area (Å²) < 4.78 is 12.9. The monoisotopic (exact) mass is 266 g/mol. The first-order chi connectivity index (χ1) is 9.15. The van der Waals surface area contributed by atoms with E-state index in [-0.39, 0.29) is 23.9 Å². The maximum Gasteiger partial charge on any atom is 0.319 e. The van der Waals surface area contributed by atoms with E-state index in [9.17, 15) is 14.3 Å². The minimum absolute atomic E-state index is 0.118. The van der Waals surface area contributed by atoms with E-state index in [4.69, 9.17) is 0 Å². The number of aliphatic hydroxyl groups excluding tert-OH is 1. The predicted molar refractivity (Wildman–Crippen MR) is 71.4 cm³/mol. The second-order valence-electron chi connectivity index (χ2n) is 4.96. The van der Waals surface area contributed by atoms with E-state index in [1.807, 2.05) is 0 Å². The van der Waals surface area contributed by atoms with Crippen molar-refractivity contribution in [3.05, 3.63) is 30.1 Å². The van der Waals surface area contributed by atoms with Crippen LogP contribution >= 0.6 is 0 Å². The molecule has 0 saturated heterocycles. The molecule has 0 bridgehead atoms. The van der Waals surface area contributed by atoms with Crippen LogP contribution in [0.15, 0.2) is 24.3 Å². The molecule has 0 aromatic heterocycles. The van der Waals surface area contributed by atoms with Crippen LogP contribution in [0.1, 0.15) is 25.7 Å². The summed E-state index contributed by atoms with van der Waals surface area (Å²) in [4.78, 5) is 11.6. The Morgan fingerprint density at radius 1 is 1.37 bits per heavy atom. The first-order valence-electron chi connectivity index (χ1n) is 6.63. The number of halogens is 1. The number of rotatable bonds is 3. The molecule has 0 aliphatic heterocycles. The van der Waals surface area contributed by atoms with Gasteiger partial charge in [-0.25, -0.2) is 9.18 Å². The van der Waals surface area contributed by atoms with Crippen molar-refractivity contribution in [2.24, 2.45) is 5.92 Å². The fraction of sp³-hybridized carbons (Fsp3) is 0.500. The van der Waals surface area contributed by atoms with Crippen molar-refractivity contribution in [1.29, 1.82) is 0 Å². The third-order valence-electron chi connectivity index (χ3n) is 3.48. The molecule has 104 valence electrons. The highest BCUT2D eigenvalue weighted by molar-refractivity contribution is 5.89. The van der Waals surface area contributed by atoms with E-state index >= 15 is 0 Å². The average Bonchev–Trinajstić information content (AvgIpc) is 2.38. The van der Waals surface area contributed by atoms with Crippen LogP contribution in [0.5, 0.6) is 0 Å². The van der Waals surface area contributed by atoms with Gasteiger partial charge in [-0.1, -0.05) is 18.9 Å². The average molecular weight is 266 g/mol. The largest absolute Gasteiger partial charge is 0.393 e. The summed E-state index contributed by atoms with van der Waals surface area (Å²) in [6, 6.07) is 5.37. The Hall–Kier alpha value is -1.62. The minimum atomic E-state index is -0.388. The van der Waals surface area contributed by atoms with Crippen LogP contribution in [0.2, 0.25) is 0 Å². The molecule has 2 unspecified atom stereocenters. The maximum absolute atomic E-state index is 12.9. The quantitative estimate of drug-likeness (QED) is 0.787. The number of hydrogen-bond donors (Lipinski definition) is 3. The van der Waals surface area contributed by atoms with Crippen molar-refractivity contribution in [2.45, 2.75) is 31.8 Å². The predicted octanol–water partition coefficient (Wildman–Crippen LogP) is 2.50. The fourth-order valence-corrected chi connectivity index (χ4v) is 2.39. The van der Waals surface area contributed by atoms with Gasteiger partial charge in [0, 0.05) is 18.2 Å². The van der Waals surface area contributed by atoms with Crippen LogP contribution in [0.3, 0.4) is 0 Å². The Morgan fingerprint density at radius 3 is 2.89 bits per heavy atom. The van der Waals surface area contributed by atoms with Gasteiger partial charge < -0.3 is 15.7 Å². The highest BCUT2D eigenvalue weighted by Gasteiger charge is 2.23. The van der Waals surface area contributed by atoms with E-state index in [2.05, 4.69) is 10.6 Å². The van der Waals surface area contributed by atoms with Gasteiger partial charge in [0.15, 0.2) is 0 Å². The fourth-order valence-electron chi connectivity index (χ4n) is 2.39. The van der Waals surface area contributed by atoms with Crippen molar-refractivity contribution in [2.75, 3.05) is 11.9 Å². The molecule has 1 aromatic rings. The molecule has 0 spiro atoms. The van der Waals surface area contributed by atoms with Crippen molar-refractivity contribution in [1.82, 2.24) is 5.32 Å². The maximum atomic E-state index is 12.9. The van der Waals surface area contributed by atoms with Gasteiger partial charge in [-0.15, -0.1) is 0 Å². The SMILES string of the molecule is O=C(NCC1CCCCC1O)Nc1cccc(F)c1. The molecule has 1 saturated carbocycles. The molecule has 2 atom stereocenters. The second-order valence-corrected chi connectivity index (χ2v) is 4.96. The van der Waals surface area contributed by atoms with Crippen molar-refractivity contribution >= 4 is 11.7 Å². The lowest BCUT2D eigenvalue weighted by Gasteiger charge is -2.27. The number of carbonyl (C=O) groups excluding carboxylic acids is 1. The van der Waals surface area contributed by atoms with Crippen LogP contribution < -0.4 is 10.6 Å². The normalized spacial score (nSPS) is 22.8. The van der Waals surface area contributed by atoms with E-state index in [0.717, 1.165) is 25.7 Å². The molecular formula is C14H19FN2O2. The molecule has 2 rings (SSSR count).